The second-order valence-electron chi connectivity index (χ2n) is 4.58. The summed E-state index contributed by atoms with van der Waals surface area (Å²) in [5.41, 5.74) is 1.46. The van der Waals surface area contributed by atoms with Crippen LogP contribution in [0, 0.1) is 0 Å². The molecule has 110 valence electrons. The van der Waals surface area contributed by atoms with Gasteiger partial charge in [-0.05, 0) is 37.4 Å². The Hall–Kier alpha value is -1.88. The van der Waals surface area contributed by atoms with E-state index in [0.29, 0.717) is 6.42 Å². The van der Waals surface area contributed by atoms with Crippen LogP contribution in [0.3, 0.4) is 0 Å². The second kappa shape index (κ2) is 8.32. The van der Waals surface area contributed by atoms with Crippen LogP contribution < -0.4 is 10.6 Å². The Kier molecular flexibility index (Phi) is 6.73. The van der Waals surface area contributed by atoms with Gasteiger partial charge in [0, 0.05) is 31.3 Å². The number of nitrogens with zero attached hydrogens (tertiary/aromatic N) is 1. The monoisotopic (exact) mass is 277 g/mol. The summed E-state index contributed by atoms with van der Waals surface area (Å²) in [6.45, 7) is 8.31. The molecule has 2 N–H and O–H groups in total. The number of hydrogen-bond acceptors (Lipinski definition) is 3. The van der Waals surface area contributed by atoms with E-state index in [0.717, 1.165) is 31.0 Å². The van der Waals surface area contributed by atoms with E-state index in [-0.39, 0.29) is 11.8 Å². The highest BCUT2D eigenvalue weighted by Gasteiger charge is 2.05. The van der Waals surface area contributed by atoms with Crippen molar-refractivity contribution in [1.29, 1.82) is 0 Å². The summed E-state index contributed by atoms with van der Waals surface area (Å²) in [6, 6.07) is 7.09. The molecular weight excluding hydrogens is 254 g/mol. The largest absolute Gasteiger partial charge is 0.326 e. The van der Waals surface area contributed by atoms with Crippen LogP contribution in [0.1, 0.15) is 27.2 Å². The predicted octanol–water partition coefficient (Wildman–Crippen LogP) is 2.32. The molecule has 0 fully saturated rings. The molecule has 0 aliphatic heterocycles. The Morgan fingerprint density at radius 2 is 1.50 bits per heavy atom. The van der Waals surface area contributed by atoms with Gasteiger partial charge in [0.25, 0.3) is 0 Å². The van der Waals surface area contributed by atoms with Crippen LogP contribution in [0.25, 0.3) is 0 Å². The topological polar surface area (TPSA) is 61.4 Å². The standard InChI is InChI=1S/C15H23N3O2/c1-4-18(5-2)11-10-15(20)17-14-8-6-13(7-9-14)16-12(3)19/h6-9H,4-5,10-11H2,1-3H3,(H,16,19)(H,17,20). The van der Waals surface area contributed by atoms with Crippen LogP contribution in [0.5, 0.6) is 0 Å². The van der Waals surface area contributed by atoms with Crippen LogP contribution in [0.15, 0.2) is 24.3 Å². The maximum absolute atomic E-state index is 11.8. The maximum Gasteiger partial charge on any atom is 0.225 e. The van der Waals surface area contributed by atoms with Crippen LogP contribution in [-0.2, 0) is 9.59 Å². The Labute approximate surface area is 120 Å². The summed E-state index contributed by atoms with van der Waals surface area (Å²) in [5, 5.41) is 5.53. The summed E-state index contributed by atoms with van der Waals surface area (Å²) in [4.78, 5) is 24.9. The molecule has 0 saturated carbocycles. The van der Waals surface area contributed by atoms with Crippen molar-refractivity contribution >= 4 is 23.2 Å². The van der Waals surface area contributed by atoms with Crippen LogP contribution in [0.4, 0.5) is 11.4 Å². The quantitative estimate of drug-likeness (QED) is 0.804. The number of hydrogen-bond donors (Lipinski definition) is 2. The second-order valence-corrected chi connectivity index (χ2v) is 4.58. The fraction of sp³-hybridized carbons (Fsp3) is 0.467. The molecule has 2 amide bonds. The van der Waals surface area contributed by atoms with Crippen LogP contribution in [-0.4, -0.2) is 36.3 Å². The van der Waals surface area contributed by atoms with Gasteiger partial charge in [0.2, 0.25) is 11.8 Å². The van der Waals surface area contributed by atoms with Crippen molar-refractivity contribution in [2.75, 3.05) is 30.3 Å². The molecule has 5 nitrogen and oxygen atoms in total. The van der Waals surface area contributed by atoms with E-state index < -0.39 is 0 Å². The zero-order chi connectivity index (χ0) is 15.0. The summed E-state index contributed by atoms with van der Waals surface area (Å²) in [7, 11) is 0. The van der Waals surface area contributed by atoms with E-state index in [1.165, 1.54) is 6.92 Å². The van der Waals surface area contributed by atoms with Crippen molar-refractivity contribution in [2.24, 2.45) is 0 Å². The average molecular weight is 277 g/mol. The minimum absolute atomic E-state index is 0.00387. The number of nitrogens with one attached hydrogen (secondary N) is 2. The van der Waals surface area contributed by atoms with Crippen molar-refractivity contribution in [3.05, 3.63) is 24.3 Å². The third-order valence-electron chi connectivity index (χ3n) is 3.04. The third kappa shape index (κ3) is 5.84. The number of anilines is 2. The Morgan fingerprint density at radius 1 is 1.00 bits per heavy atom. The lowest BCUT2D eigenvalue weighted by molar-refractivity contribution is -0.116. The van der Waals surface area contributed by atoms with Crippen molar-refractivity contribution < 1.29 is 9.59 Å². The van der Waals surface area contributed by atoms with Crippen LogP contribution >= 0.6 is 0 Å². The first-order chi connectivity index (χ1) is 9.55. The molecule has 0 bridgehead atoms. The molecule has 0 radical (unpaired) electrons. The number of amides is 2. The van der Waals surface area contributed by atoms with E-state index in [9.17, 15) is 9.59 Å². The van der Waals surface area contributed by atoms with E-state index in [1.807, 2.05) is 0 Å². The lowest BCUT2D eigenvalue weighted by Gasteiger charge is -2.17. The molecule has 0 aliphatic rings. The Balaban J connectivity index is 2.43. The van der Waals surface area contributed by atoms with Gasteiger partial charge in [-0.2, -0.15) is 0 Å². The van der Waals surface area contributed by atoms with Gasteiger partial charge in [0.05, 0.1) is 0 Å². The van der Waals surface area contributed by atoms with Crippen LogP contribution in [0.2, 0.25) is 0 Å². The van der Waals surface area contributed by atoms with Gasteiger partial charge in [-0.25, -0.2) is 0 Å². The van der Waals surface area contributed by atoms with Crippen molar-refractivity contribution in [3.63, 3.8) is 0 Å². The molecule has 0 heterocycles. The van der Waals surface area contributed by atoms with E-state index >= 15 is 0 Å². The fourth-order valence-corrected chi connectivity index (χ4v) is 1.86. The molecule has 0 aliphatic carbocycles. The molecule has 20 heavy (non-hydrogen) atoms. The third-order valence-corrected chi connectivity index (χ3v) is 3.04. The molecular formula is C15H23N3O2. The average Bonchev–Trinajstić information content (AvgIpc) is 2.41. The molecule has 0 spiro atoms. The fourth-order valence-electron chi connectivity index (χ4n) is 1.86. The molecule has 0 atom stereocenters. The number of rotatable bonds is 7. The Morgan fingerprint density at radius 3 is 1.95 bits per heavy atom. The smallest absolute Gasteiger partial charge is 0.225 e. The van der Waals surface area contributed by atoms with Gasteiger partial charge in [-0.15, -0.1) is 0 Å². The van der Waals surface area contributed by atoms with Crippen molar-refractivity contribution in [1.82, 2.24) is 4.90 Å². The number of carbonyl (C=O) groups is 2. The van der Waals surface area contributed by atoms with E-state index in [2.05, 4.69) is 29.4 Å². The summed E-state index contributed by atoms with van der Waals surface area (Å²) >= 11 is 0. The first-order valence-electron chi connectivity index (χ1n) is 6.95. The molecule has 0 saturated heterocycles. The molecule has 5 heteroatoms. The summed E-state index contributed by atoms with van der Waals surface area (Å²) in [6.07, 6.45) is 0.481. The van der Waals surface area contributed by atoms with Gasteiger partial charge >= 0.3 is 0 Å². The number of benzene rings is 1. The highest BCUT2D eigenvalue weighted by Crippen LogP contribution is 2.13. The normalized spacial score (nSPS) is 10.4. The lowest BCUT2D eigenvalue weighted by atomic mass is 10.2. The molecule has 0 aromatic heterocycles. The van der Waals surface area contributed by atoms with Gasteiger partial charge in [-0.3, -0.25) is 9.59 Å². The van der Waals surface area contributed by atoms with E-state index in [4.69, 9.17) is 0 Å². The maximum atomic E-state index is 11.8. The van der Waals surface area contributed by atoms with Gasteiger partial charge < -0.3 is 15.5 Å². The Bertz CT molecular complexity index is 439. The van der Waals surface area contributed by atoms with Gasteiger partial charge in [-0.1, -0.05) is 13.8 Å². The lowest BCUT2D eigenvalue weighted by Crippen LogP contribution is -2.27. The van der Waals surface area contributed by atoms with Gasteiger partial charge in [0.1, 0.15) is 0 Å². The van der Waals surface area contributed by atoms with E-state index in [1.54, 1.807) is 24.3 Å². The predicted molar refractivity (Wildman–Crippen MR) is 81.8 cm³/mol. The summed E-state index contributed by atoms with van der Waals surface area (Å²) in [5.74, 6) is -0.106. The first-order valence-corrected chi connectivity index (χ1v) is 6.95. The van der Waals surface area contributed by atoms with Gasteiger partial charge in [0.15, 0.2) is 0 Å². The zero-order valence-electron chi connectivity index (χ0n) is 12.4. The number of carbonyl (C=O) groups excluding carboxylic acids is 2. The van der Waals surface area contributed by atoms with Crippen molar-refractivity contribution in [3.8, 4) is 0 Å². The highest BCUT2D eigenvalue weighted by atomic mass is 16.2. The minimum atomic E-state index is -0.110. The molecule has 0 unspecified atom stereocenters. The molecule has 1 aromatic rings. The zero-order valence-corrected chi connectivity index (χ0v) is 12.4. The SMILES string of the molecule is CCN(CC)CCC(=O)Nc1ccc(NC(C)=O)cc1. The first kappa shape index (κ1) is 16.2. The molecule has 1 rings (SSSR count). The highest BCUT2D eigenvalue weighted by molar-refractivity contribution is 5.92. The van der Waals surface area contributed by atoms with Crippen molar-refractivity contribution in [2.45, 2.75) is 27.2 Å². The minimum Gasteiger partial charge on any atom is -0.326 e. The summed E-state index contributed by atoms with van der Waals surface area (Å²) < 4.78 is 0. The molecule has 1 aromatic carbocycles.